The fourth-order valence-electron chi connectivity index (χ4n) is 12.8. The molecule has 3 heteroatoms. The average molecular weight is 948 g/mol. The van der Waals surface area contributed by atoms with E-state index in [1.165, 1.54) is 271 Å². The van der Waals surface area contributed by atoms with Gasteiger partial charge in [0.05, 0.1) is 0 Å². The molecule has 0 saturated carbocycles. The number of benzene rings is 5. The largest absolute Gasteiger partial charge is 0.338 e. The number of hydrogen-bond acceptors (Lipinski definition) is 3. The Balaban J connectivity index is 1.20. The van der Waals surface area contributed by atoms with Crippen molar-refractivity contribution in [3.63, 3.8) is 0 Å². The van der Waals surface area contributed by atoms with Crippen LogP contribution in [0.1, 0.15) is 255 Å². The summed E-state index contributed by atoms with van der Waals surface area (Å²) in [7, 11) is 0. The van der Waals surface area contributed by atoms with Gasteiger partial charge in [0.25, 0.3) is 0 Å². The van der Waals surface area contributed by atoms with Crippen LogP contribution in [0.2, 0.25) is 0 Å². The third-order valence-corrected chi connectivity index (χ3v) is 17.0. The van der Waals surface area contributed by atoms with Crippen molar-refractivity contribution in [2.75, 3.05) is 0 Å². The first-order valence-electron chi connectivity index (χ1n) is 29.1. The van der Waals surface area contributed by atoms with Crippen LogP contribution in [0.15, 0.2) is 73.7 Å². The number of fused-ring (bicyclic) bond motifs is 2. The molecule has 0 radical (unpaired) electrons. The van der Waals surface area contributed by atoms with Crippen LogP contribution in [0.3, 0.4) is 0 Å². The predicted octanol–water partition coefficient (Wildman–Crippen LogP) is 21.8. The first-order valence-corrected chi connectivity index (χ1v) is 29.5. The van der Waals surface area contributed by atoms with Gasteiger partial charge >= 0.3 is 0 Å². The minimum absolute atomic E-state index is 0.401. The van der Waals surface area contributed by atoms with Crippen LogP contribution < -0.4 is 0 Å². The fraction of sp³-hybridized carbons (Fsp3) is 0.576. The molecule has 0 atom stereocenters. The van der Waals surface area contributed by atoms with E-state index in [4.69, 9.17) is 38.9 Å². The molecule has 0 aromatic heterocycles. The molecule has 0 N–H and O–H groups in total. The number of thiol groups is 1. The standard InChI is InChI=1S/C66H94N2S/c1-9-13-17-21-25-29-33-37-52(38-34-30-26-22-18-14-10-2)67-48(5)54-41-44-57-58-45-42-56-50(7)68(53(39-35-31-27-23-19-15-11-3)40-36-32-28-24-20-16-12-4)51(8)60-47-61(69)65(66(58)63(56)60)59-46-43-55(49(67)6)62(54)64(57)59/h41-47,52-53,69H,5-40H2,1-4H3. The van der Waals surface area contributed by atoms with Crippen LogP contribution in [0.5, 0.6) is 0 Å². The van der Waals surface area contributed by atoms with Crippen LogP contribution in [-0.2, 0) is 0 Å². The lowest BCUT2D eigenvalue weighted by Crippen LogP contribution is -2.34. The zero-order valence-corrected chi connectivity index (χ0v) is 45.4. The molecule has 0 unspecified atom stereocenters. The molecule has 2 nitrogen and oxygen atoms in total. The predicted molar refractivity (Wildman–Crippen MR) is 313 cm³/mol. The van der Waals surface area contributed by atoms with Crippen LogP contribution in [0, 0.1) is 0 Å². The summed E-state index contributed by atoms with van der Waals surface area (Å²) in [5.41, 5.74) is 9.51. The van der Waals surface area contributed by atoms with E-state index in [0.717, 1.165) is 27.7 Å². The summed E-state index contributed by atoms with van der Waals surface area (Å²) in [4.78, 5) is 6.18. The highest BCUT2D eigenvalue weighted by Crippen LogP contribution is 2.53. The Bertz CT molecular complexity index is 2430. The molecule has 0 bridgehead atoms. The molecule has 2 heterocycles. The summed E-state index contributed by atoms with van der Waals surface area (Å²) in [6.45, 7) is 29.0. The van der Waals surface area contributed by atoms with Crippen molar-refractivity contribution in [2.24, 2.45) is 0 Å². The van der Waals surface area contributed by atoms with E-state index < -0.39 is 0 Å². The van der Waals surface area contributed by atoms with Gasteiger partial charge in [-0.1, -0.05) is 270 Å². The molecule has 2 aliphatic rings. The lowest BCUT2D eigenvalue weighted by atomic mass is 9.80. The van der Waals surface area contributed by atoms with Crippen molar-refractivity contribution in [3.05, 3.63) is 91.0 Å². The maximum absolute atomic E-state index is 5.44. The molecule has 69 heavy (non-hydrogen) atoms. The first-order chi connectivity index (χ1) is 33.8. The quantitative estimate of drug-likeness (QED) is 0.0190. The highest BCUT2D eigenvalue weighted by molar-refractivity contribution is 7.80. The maximum atomic E-state index is 5.44. The van der Waals surface area contributed by atoms with Crippen LogP contribution in [0.4, 0.5) is 0 Å². The molecule has 374 valence electrons. The van der Waals surface area contributed by atoms with E-state index in [1.807, 2.05) is 0 Å². The van der Waals surface area contributed by atoms with Gasteiger partial charge in [-0.15, -0.1) is 12.6 Å². The number of nitrogens with zero attached hydrogens (tertiary/aromatic N) is 2. The molecule has 0 spiro atoms. The molecule has 2 aliphatic heterocycles. The molecule has 0 amide bonds. The van der Waals surface area contributed by atoms with Crippen molar-refractivity contribution in [1.82, 2.24) is 9.80 Å². The molecule has 7 rings (SSSR count). The minimum atomic E-state index is 0.401. The molecular weight excluding hydrogens is 853 g/mol. The summed E-state index contributed by atoms with van der Waals surface area (Å²) in [6, 6.07) is 17.6. The molecule has 0 aliphatic carbocycles. The van der Waals surface area contributed by atoms with Gasteiger partial charge in [0.1, 0.15) is 0 Å². The first kappa shape index (κ1) is 53.1. The minimum Gasteiger partial charge on any atom is -0.338 e. The second-order valence-corrected chi connectivity index (χ2v) is 22.3. The number of hydrogen-bond donors (Lipinski definition) is 1. The molecular formula is C66H94N2S. The molecule has 0 fully saturated rings. The van der Waals surface area contributed by atoms with Crippen molar-refractivity contribution < 1.29 is 0 Å². The van der Waals surface area contributed by atoms with Crippen molar-refractivity contribution in [2.45, 2.75) is 250 Å². The van der Waals surface area contributed by atoms with Crippen LogP contribution >= 0.6 is 12.6 Å². The van der Waals surface area contributed by atoms with E-state index in [0.29, 0.717) is 12.1 Å². The summed E-state index contributed by atoms with van der Waals surface area (Å²) < 4.78 is 0. The summed E-state index contributed by atoms with van der Waals surface area (Å²) >= 11 is 5.44. The van der Waals surface area contributed by atoms with Gasteiger partial charge in [-0.3, -0.25) is 0 Å². The molecule has 5 aromatic carbocycles. The van der Waals surface area contributed by atoms with Crippen molar-refractivity contribution in [1.29, 1.82) is 0 Å². The Hall–Kier alpha value is -3.69. The van der Waals surface area contributed by atoms with E-state index in [-0.39, 0.29) is 0 Å². The highest BCUT2D eigenvalue weighted by Gasteiger charge is 2.35. The number of unbranched alkanes of at least 4 members (excludes halogenated alkanes) is 24. The Kier molecular flexibility index (Phi) is 20.5. The van der Waals surface area contributed by atoms with Crippen LogP contribution in [-0.4, -0.2) is 21.9 Å². The third-order valence-electron chi connectivity index (χ3n) is 16.7. The second-order valence-electron chi connectivity index (χ2n) is 21.8. The van der Waals surface area contributed by atoms with Gasteiger partial charge in [-0.05, 0) is 58.7 Å². The normalized spacial score (nSPS) is 14.0. The Morgan fingerprint density at radius 1 is 0.333 bits per heavy atom. The molecule has 0 saturated heterocycles. The fourth-order valence-corrected chi connectivity index (χ4v) is 13.2. The van der Waals surface area contributed by atoms with Gasteiger partial charge in [-0.25, -0.2) is 0 Å². The van der Waals surface area contributed by atoms with Crippen LogP contribution in [0.25, 0.3) is 65.9 Å². The van der Waals surface area contributed by atoms with Crippen molar-refractivity contribution in [3.8, 4) is 0 Å². The highest BCUT2D eigenvalue weighted by atomic mass is 32.1. The third kappa shape index (κ3) is 12.2. The van der Waals surface area contributed by atoms with Gasteiger partial charge in [0, 0.05) is 78.2 Å². The summed E-state index contributed by atoms with van der Waals surface area (Å²) in [5, 5.41) is 10.4. The zero-order chi connectivity index (χ0) is 48.7. The van der Waals surface area contributed by atoms with E-state index >= 15 is 0 Å². The second kappa shape index (κ2) is 26.7. The lowest BCUT2D eigenvalue weighted by molar-refractivity contribution is 0.331. The zero-order valence-electron chi connectivity index (χ0n) is 44.5. The average Bonchev–Trinajstić information content (AvgIpc) is 3.35. The van der Waals surface area contributed by atoms with E-state index in [1.54, 1.807) is 0 Å². The van der Waals surface area contributed by atoms with E-state index in [2.05, 4.69) is 80.0 Å². The van der Waals surface area contributed by atoms with Gasteiger partial charge < -0.3 is 9.80 Å². The monoisotopic (exact) mass is 947 g/mol. The summed E-state index contributed by atoms with van der Waals surface area (Å²) in [6.07, 6.45) is 42.2. The Labute approximate surface area is 427 Å². The SMILES string of the molecule is C=C1c2ccc3c4ccc5c6c(cc(S)c(c7ccc(c2c37)C(=C)N1C(CCCCCCCCC)CCCCCCCCC)c64)C(=C)N(C(CCCCCCCCC)CCCCCCCCC)C5=C. The van der Waals surface area contributed by atoms with E-state index in [9.17, 15) is 0 Å². The lowest BCUT2D eigenvalue weighted by Gasteiger charge is -2.42. The molecule has 5 aromatic rings. The van der Waals surface area contributed by atoms with Gasteiger partial charge in [-0.2, -0.15) is 0 Å². The van der Waals surface area contributed by atoms with Gasteiger partial charge in [0.15, 0.2) is 0 Å². The number of rotatable bonds is 34. The Morgan fingerprint density at radius 3 is 0.986 bits per heavy atom. The smallest absolute Gasteiger partial charge is 0.0420 e. The Morgan fingerprint density at radius 2 is 0.623 bits per heavy atom. The van der Waals surface area contributed by atoms with Crippen molar-refractivity contribution >= 4 is 78.5 Å². The summed E-state index contributed by atoms with van der Waals surface area (Å²) in [5.74, 6) is 0. The maximum Gasteiger partial charge on any atom is 0.0420 e. The topological polar surface area (TPSA) is 6.48 Å². The van der Waals surface area contributed by atoms with Gasteiger partial charge in [0.2, 0.25) is 0 Å².